The van der Waals surface area contributed by atoms with Gasteiger partial charge in [0.2, 0.25) is 5.91 Å². The van der Waals surface area contributed by atoms with Crippen LogP contribution in [0.15, 0.2) is 0 Å². The number of amides is 1. The van der Waals surface area contributed by atoms with Gasteiger partial charge in [0.1, 0.15) is 13.2 Å². The zero-order valence-electron chi connectivity index (χ0n) is 9.10. The van der Waals surface area contributed by atoms with Crippen molar-refractivity contribution in [3.8, 4) is 0 Å². The van der Waals surface area contributed by atoms with Crippen LogP contribution in [0.1, 0.15) is 13.8 Å². The highest BCUT2D eigenvalue weighted by atomic mass is 19.4. The minimum Gasteiger partial charge on any atom is -0.375 e. The Hall–Kier alpha value is -0.780. The Kier molecular flexibility index (Phi) is 5.64. The summed E-state index contributed by atoms with van der Waals surface area (Å²) in [5.41, 5.74) is 0. The Morgan fingerprint density at radius 1 is 1.40 bits per heavy atom. The van der Waals surface area contributed by atoms with Gasteiger partial charge in [-0.1, -0.05) is 13.8 Å². The number of hydrogen-bond donors (Lipinski definition) is 0. The highest BCUT2D eigenvalue weighted by molar-refractivity contribution is 5.77. The van der Waals surface area contributed by atoms with Crippen LogP contribution in [0.2, 0.25) is 0 Å². The molecule has 0 N–H and O–H groups in total. The number of methoxy groups -OCH3 is 1. The average Bonchev–Trinajstić information content (AvgIpc) is 1.99. The third-order valence-electron chi connectivity index (χ3n) is 1.58. The van der Waals surface area contributed by atoms with Gasteiger partial charge < -0.3 is 9.64 Å². The van der Waals surface area contributed by atoms with Crippen LogP contribution in [0.25, 0.3) is 0 Å². The number of alkyl halides is 3. The van der Waals surface area contributed by atoms with Crippen molar-refractivity contribution in [3.05, 3.63) is 0 Å². The van der Waals surface area contributed by atoms with E-state index in [0.717, 1.165) is 4.90 Å². The first kappa shape index (κ1) is 14.2. The van der Waals surface area contributed by atoms with Gasteiger partial charge in [-0.25, -0.2) is 0 Å². The van der Waals surface area contributed by atoms with Crippen LogP contribution < -0.4 is 0 Å². The molecule has 0 aliphatic rings. The van der Waals surface area contributed by atoms with Crippen molar-refractivity contribution in [3.63, 3.8) is 0 Å². The van der Waals surface area contributed by atoms with E-state index in [9.17, 15) is 18.0 Å². The van der Waals surface area contributed by atoms with E-state index < -0.39 is 18.6 Å². The molecule has 0 fully saturated rings. The first-order chi connectivity index (χ1) is 6.76. The fraction of sp³-hybridized carbons (Fsp3) is 0.889. The molecule has 0 aromatic carbocycles. The normalized spacial score (nSPS) is 11.9. The van der Waals surface area contributed by atoms with Gasteiger partial charge >= 0.3 is 6.18 Å². The molecule has 0 bridgehead atoms. The summed E-state index contributed by atoms with van der Waals surface area (Å²) in [5.74, 6) is -0.642. The molecule has 1 amide bonds. The van der Waals surface area contributed by atoms with E-state index in [2.05, 4.69) is 4.74 Å². The van der Waals surface area contributed by atoms with Gasteiger partial charge in [0.05, 0.1) is 0 Å². The molecule has 6 heteroatoms. The summed E-state index contributed by atoms with van der Waals surface area (Å²) in [6, 6.07) is 0. The predicted octanol–water partition coefficient (Wildman–Crippen LogP) is 1.68. The molecule has 15 heavy (non-hydrogen) atoms. The summed E-state index contributed by atoms with van der Waals surface area (Å²) >= 11 is 0. The maximum atomic E-state index is 12.1. The van der Waals surface area contributed by atoms with E-state index in [-0.39, 0.29) is 19.1 Å². The number of rotatable bonds is 5. The number of hydrogen-bond acceptors (Lipinski definition) is 2. The molecule has 0 aliphatic carbocycles. The molecular formula is C9H16F3NO2. The molecule has 0 spiro atoms. The summed E-state index contributed by atoms with van der Waals surface area (Å²) in [6.07, 6.45) is -4.36. The van der Waals surface area contributed by atoms with Gasteiger partial charge in [0, 0.05) is 13.7 Å². The molecule has 0 unspecified atom stereocenters. The molecule has 0 saturated carbocycles. The Balaban J connectivity index is 4.37. The van der Waals surface area contributed by atoms with E-state index in [0.29, 0.717) is 0 Å². The molecule has 0 radical (unpaired) electrons. The summed E-state index contributed by atoms with van der Waals surface area (Å²) < 4.78 is 40.9. The fourth-order valence-corrected chi connectivity index (χ4v) is 1.13. The van der Waals surface area contributed by atoms with Crippen molar-refractivity contribution in [1.82, 2.24) is 4.90 Å². The predicted molar refractivity (Wildman–Crippen MR) is 49.3 cm³/mol. The van der Waals surface area contributed by atoms with E-state index in [1.807, 2.05) is 0 Å². The van der Waals surface area contributed by atoms with Crippen LogP contribution in [0.3, 0.4) is 0 Å². The average molecular weight is 227 g/mol. The zero-order chi connectivity index (χ0) is 12.1. The lowest BCUT2D eigenvalue weighted by Crippen LogP contribution is -2.42. The van der Waals surface area contributed by atoms with Gasteiger partial charge in [-0.3, -0.25) is 4.79 Å². The van der Waals surface area contributed by atoms with Gasteiger partial charge in [0.15, 0.2) is 0 Å². The standard InChI is InChI=1S/C9H16F3NO2/c1-7(2)4-13(6-9(10,11)12)8(14)5-15-3/h7H,4-6H2,1-3H3. The van der Waals surface area contributed by atoms with Crippen LogP contribution >= 0.6 is 0 Å². The van der Waals surface area contributed by atoms with Crippen molar-refractivity contribution in [2.24, 2.45) is 5.92 Å². The van der Waals surface area contributed by atoms with E-state index in [4.69, 9.17) is 0 Å². The van der Waals surface area contributed by atoms with E-state index in [1.165, 1.54) is 7.11 Å². The molecule has 0 heterocycles. The second-order valence-electron chi connectivity index (χ2n) is 3.72. The van der Waals surface area contributed by atoms with Gasteiger partial charge in [0.25, 0.3) is 0 Å². The Morgan fingerprint density at radius 2 is 1.93 bits per heavy atom. The molecule has 0 saturated heterocycles. The quantitative estimate of drug-likeness (QED) is 0.715. The maximum absolute atomic E-state index is 12.1. The topological polar surface area (TPSA) is 29.5 Å². The van der Waals surface area contributed by atoms with E-state index >= 15 is 0 Å². The molecule has 0 aromatic heterocycles. The molecule has 3 nitrogen and oxygen atoms in total. The van der Waals surface area contributed by atoms with Crippen molar-refractivity contribution < 1.29 is 22.7 Å². The molecule has 0 atom stereocenters. The lowest BCUT2D eigenvalue weighted by molar-refractivity contribution is -0.164. The Labute approximate surface area is 87.2 Å². The lowest BCUT2D eigenvalue weighted by atomic mass is 10.2. The number of nitrogens with zero attached hydrogens (tertiary/aromatic N) is 1. The smallest absolute Gasteiger partial charge is 0.375 e. The Morgan fingerprint density at radius 3 is 2.27 bits per heavy atom. The summed E-state index contributed by atoms with van der Waals surface area (Å²) in [5, 5.41) is 0. The number of carbonyl (C=O) groups is 1. The number of ether oxygens (including phenoxy) is 1. The Bertz CT molecular complexity index is 204. The van der Waals surface area contributed by atoms with E-state index in [1.54, 1.807) is 13.8 Å². The lowest BCUT2D eigenvalue weighted by Gasteiger charge is -2.25. The first-order valence-electron chi connectivity index (χ1n) is 4.59. The second-order valence-corrected chi connectivity index (χ2v) is 3.72. The fourth-order valence-electron chi connectivity index (χ4n) is 1.13. The third kappa shape index (κ3) is 7.18. The monoisotopic (exact) mass is 227 g/mol. The SMILES string of the molecule is COCC(=O)N(CC(C)C)CC(F)(F)F. The van der Waals surface area contributed by atoms with Gasteiger partial charge in [-0.05, 0) is 5.92 Å². The van der Waals surface area contributed by atoms with Gasteiger partial charge in [-0.15, -0.1) is 0 Å². The second kappa shape index (κ2) is 5.95. The maximum Gasteiger partial charge on any atom is 0.406 e. The van der Waals surface area contributed by atoms with Gasteiger partial charge in [-0.2, -0.15) is 13.2 Å². The van der Waals surface area contributed by atoms with Crippen molar-refractivity contribution >= 4 is 5.91 Å². The van der Waals surface area contributed by atoms with Crippen LogP contribution in [-0.4, -0.2) is 43.8 Å². The number of carbonyl (C=O) groups excluding carboxylic acids is 1. The summed E-state index contributed by atoms with van der Waals surface area (Å²) in [7, 11) is 1.28. The van der Waals surface area contributed by atoms with Crippen molar-refractivity contribution in [2.45, 2.75) is 20.0 Å². The highest BCUT2D eigenvalue weighted by Gasteiger charge is 2.32. The molecule has 0 aliphatic heterocycles. The molecule has 0 aromatic rings. The zero-order valence-corrected chi connectivity index (χ0v) is 9.10. The largest absolute Gasteiger partial charge is 0.406 e. The molecular weight excluding hydrogens is 211 g/mol. The van der Waals surface area contributed by atoms with Crippen LogP contribution in [0.4, 0.5) is 13.2 Å². The molecule has 90 valence electrons. The third-order valence-corrected chi connectivity index (χ3v) is 1.58. The number of halogens is 3. The highest BCUT2D eigenvalue weighted by Crippen LogP contribution is 2.17. The minimum absolute atomic E-state index is 0.00634. The first-order valence-corrected chi connectivity index (χ1v) is 4.59. The summed E-state index contributed by atoms with van der Waals surface area (Å²) in [4.78, 5) is 12.0. The summed E-state index contributed by atoms with van der Waals surface area (Å²) in [6.45, 7) is 2.06. The van der Waals surface area contributed by atoms with Crippen LogP contribution in [-0.2, 0) is 9.53 Å². The van der Waals surface area contributed by atoms with Crippen molar-refractivity contribution in [2.75, 3.05) is 26.8 Å². The molecule has 0 rings (SSSR count). The van der Waals surface area contributed by atoms with Crippen molar-refractivity contribution in [1.29, 1.82) is 0 Å². The minimum atomic E-state index is -4.36. The van der Waals surface area contributed by atoms with Crippen LogP contribution in [0.5, 0.6) is 0 Å². The van der Waals surface area contributed by atoms with Crippen LogP contribution in [0, 0.1) is 5.92 Å².